The highest BCUT2D eigenvalue weighted by atomic mass is 32.1. The van der Waals surface area contributed by atoms with Gasteiger partial charge in [-0.25, -0.2) is 15.0 Å². The molecular formula is C20H20N6OS. The minimum absolute atomic E-state index is 0.423. The smallest absolute Gasteiger partial charge is 0.189 e. The number of rotatable bonds is 6. The number of nitrogens with zero attached hydrogens (tertiary/aromatic N) is 3. The number of nitrogens with two attached hydrogens (primary N) is 1. The van der Waals surface area contributed by atoms with Crippen molar-refractivity contribution in [1.82, 2.24) is 15.0 Å². The summed E-state index contributed by atoms with van der Waals surface area (Å²) in [6.07, 6.45) is 1.47. The lowest BCUT2D eigenvalue weighted by Gasteiger charge is -2.12. The number of aromatic nitrogens is 3. The Morgan fingerprint density at radius 1 is 1.04 bits per heavy atom. The summed E-state index contributed by atoms with van der Waals surface area (Å²) in [7, 11) is 0. The van der Waals surface area contributed by atoms with Crippen molar-refractivity contribution in [1.29, 1.82) is 0 Å². The molecule has 0 amide bonds. The fourth-order valence-electron chi connectivity index (χ4n) is 2.72. The average Bonchev–Trinajstić information content (AvgIpc) is 3.08. The summed E-state index contributed by atoms with van der Waals surface area (Å²) in [5.74, 6) is 1.86. The van der Waals surface area contributed by atoms with E-state index >= 15 is 0 Å². The predicted octanol–water partition coefficient (Wildman–Crippen LogP) is 4.86. The fraction of sp³-hybridized carbons (Fsp3) is 0.150. The van der Waals surface area contributed by atoms with Crippen LogP contribution in [0.3, 0.4) is 0 Å². The van der Waals surface area contributed by atoms with Gasteiger partial charge >= 0.3 is 0 Å². The first-order valence-corrected chi connectivity index (χ1v) is 9.68. The molecule has 4 N–H and O–H groups in total. The molecule has 0 radical (unpaired) electrons. The molecule has 0 spiro atoms. The third-order valence-corrected chi connectivity index (χ3v) is 5.01. The number of anilines is 5. The molecule has 0 aliphatic heterocycles. The third kappa shape index (κ3) is 3.81. The van der Waals surface area contributed by atoms with Crippen LogP contribution in [0.5, 0.6) is 5.75 Å². The van der Waals surface area contributed by atoms with Crippen LogP contribution in [0.25, 0.3) is 10.2 Å². The Labute approximate surface area is 166 Å². The molecule has 142 valence electrons. The van der Waals surface area contributed by atoms with Gasteiger partial charge in [-0.2, -0.15) is 0 Å². The number of hydrogen-bond donors (Lipinski definition) is 3. The Morgan fingerprint density at radius 2 is 1.79 bits per heavy atom. The fourth-order valence-corrected chi connectivity index (χ4v) is 3.68. The molecule has 0 aliphatic carbocycles. The summed E-state index contributed by atoms with van der Waals surface area (Å²) < 4.78 is 6.57. The minimum atomic E-state index is 0.423. The van der Waals surface area contributed by atoms with Crippen LogP contribution in [0, 0.1) is 6.92 Å². The zero-order valence-corrected chi connectivity index (χ0v) is 16.4. The van der Waals surface area contributed by atoms with Crippen LogP contribution in [0.1, 0.15) is 12.5 Å². The molecule has 8 heteroatoms. The lowest BCUT2D eigenvalue weighted by molar-refractivity contribution is 0.340. The number of nitrogens with one attached hydrogen (secondary N) is 2. The number of benzene rings is 2. The van der Waals surface area contributed by atoms with E-state index in [1.165, 1.54) is 11.9 Å². The Kier molecular flexibility index (Phi) is 4.94. The van der Waals surface area contributed by atoms with Crippen molar-refractivity contribution in [3.63, 3.8) is 0 Å². The lowest BCUT2D eigenvalue weighted by Crippen LogP contribution is -2.05. The molecular weight excluding hydrogens is 372 g/mol. The normalized spacial score (nSPS) is 10.8. The van der Waals surface area contributed by atoms with Crippen LogP contribution in [0.4, 0.5) is 28.1 Å². The summed E-state index contributed by atoms with van der Waals surface area (Å²) >= 11 is 1.56. The summed E-state index contributed by atoms with van der Waals surface area (Å²) in [6, 6.07) is 13.8. The summed E-state index contributed by atoms with van der Waals surface area (Å²) in [5.41, 5.74) is 9.70. The first-order valence-electron chi connectivity index (χ1n) is 8.87. The van der Waals surface area contributed by atoms with Gasteiger partial charge in [0.05, 0.1) is 16.8 Å². The van der Waals surface area contributed by atoms with Crippen molar-refractivity contribution in [2.45, 2.75) is 13.8 Å². The van der Waals surface area contributed by atoms with E-state index in [9.17, 15) is 0 Å². The van der Waals surface area contributed by atoms with Crippen LogP contribution < -0.4 is 21.1 Å². The zero-order chi connectivity index (χ0) is 19.5. The van der Waals surface area contributed by atoms with Gasteiger partial charge in [-0.3, -0.25) is 0 Å². The Hall–Kier alpha value is -3.39. The highest BCUT2D eigenvalue weighted by molar-refractivity contribution is 7.22. The van der Waals surface area contributed by atoms with E-state index in [-0.39, 0.29) is 0 Å². The van der Waals surface area contributed by atoms with E-state index in [1.54, 1.807) is 11.3 Å². The van der Waals surface area contributed by atoms with Gasteiger partial charge in [-0.1, -0.05) is 17.4 Å². The van der Waals surface area contributed by atoms with Gasteiger partial charge in [0.25, 0.3) is 0 Å². The van der Waals surface area contributed by atoms with E-state index in [0.29, 0.717) is 23.9 Å². The molecule has 0 saturated carbocycles. The number of hydrogen-bond acceptors (Lipinski definition) is 8. The van der Waals surface area contributed by atoms with Crippen molar-refractivity contribution in [2.24, 2.45) is 0 Å². The minimum Gasteiger partial charge on any atom is -0.494 e. The molecule has 7 nitrogen and oxygen atoms in total. The number of thiazole rings is 1. The molecule has 2 aromatic heterocycles. The molecule has 0 saturated heterocycles. The maximum atomic E-state index is 6.28. The second-order valence-corrected chi connectivity index (χ2v) is 7.21. The van der Waals surface area contributed by atoms with E-state index in [4.69, 9.17) is 10.5 Å². The molecule has 4 aromatic rings. The van der Waals surface area contributed by atoms with E-state index in [0.717, 1.165) is 26.8 Å². The van der Waals surface area contributed by atoms with Gasteiger partial charge in [-0.05, 0) is 55.8 Å². The summed E-state index contributed by atoms with van der Waals surface area (Å²) in [4.78, 5) is 13.1. The largest absolute Gasteiger partial charge is 0.494 e. The molecule has 2 heterocycles. The van der Waals surface area contributed by atoms with Crippen LogP contribution in [0.2, 0.25) is 0 Å². The molecule has 0 bridgehead atoms. The standard InChI is InChI=1S/C20H20N6OS/c1-3-27-14-7-5-13(6-8-14)24-18-17(21)19(23-11-22-18)26-20-25-15-9-4-12(2)10-16(15)28-20/h4-11H,3,21H2,1-2H3,(H2,22,23,24,25,26). The Balaban J connectivity index is 1.55. The maximum Gasteiger partial charge on any atom is 0.189 e. The quantitative estimate of drug-likeness (QED) is 0.431. The molecule has 0 atom stereocenters. The van der Waals surface area contributed by atoms with Crippen LogP contribution in [0.15, 0.2) is 48.8 Å². The van der Waals surface area contributed by atoms with Crippen molar-refractivity contribution >= 4 is 49.7 Å². The van der Waals surface area contributed by atoms with Crippen LogP contribution in [-0.2, 0) is 0 Å². The molecule has 28 heavy (non-hydrogen) atoms. The van der Waals surface area contributed by atoms with Gasteiger partial charge in [0.1, 0.15) is 17.8 Å². The first-order chi connectivity index (χ1) is 13.6. The van der Waals surface area contributed by atoms with Gasteiger partial charge < -0.3 is 21.1 Å². The molecule has 4 rings (SSSR count). The Morgan fingerprint density at radius 3 is 2.54 bits per heavy atom. The second-order valence-electron chi connectivity index (χ2n) is 6.18. The topological polar surface area (TPSA) is 98.0 Å². The van der Waals surface area contributed by atoms with E-state index in [1.807, 2.05) is 43.3 Å². The Bertz CT molecular complexity index is 1110. The molecule has 0 unspecified atom stereocenters. The van der Waals surface area contributed by atoms with E-state index in [2.05, 4.69) is 38.6 Å². The lowest BCUT2D eigenvalue weighted by atomic mass is 10.2. The van der Waals surface area contributed by atoms with Gasteiger partial charge in [0.2, 0.25) is 0 Å². The highest BCUT2D eigenvalue weighted by Gasteiger charge is 2.11. The first kappa shape index (κ1) is 18.0. The van der Waals surface area contributed by atoms with Crippen molar-refractivity contribution in [3.8, 4) is 5.75 Å². The van der Waals surface area contributed by atoms with E-state index < -0.39 is 0 Å². The number of ether oxygens (including phenoxy) is 1. The highest BCUT2D eigenvalue weighted by Crippen LogP contribution is 2.32. The number of nitrogen functional groups attached to an aromatic ring is 1. The maximum absolute atomic E-state index is 6.28. The van der Waals surface area contributed by atoms with Crippen molar-refractivity contribution in [3.05, 3.63) is 54.4 Å². The number of fused-ring (bicyclic) bond motifs is 1. The molecule has 2 aromatic carbocycles. The van der Waals surface area contributed by atoms with Crippen molar-refractivity contribution in [2.75, 3.05) is 23.0 Å². The molecule has 0 aliphatic rings. The van der Waals surface area contributed by atoms with Gasteiger partial charge in [-0.15, -0.1) is 0 Å². The SMILES string of the molecule is CCOc1ccc(Nc2ncnc(Nc3nc4ccc(C)cc4s3)c2N)cc1. The van der Waals surface area contributed by atoms with Crippen molar-refractivity contribution < 1.29 is 4.74 Å². The van der Waals surface area contributed by atoms with Crippen LogP contribution in [-0.4, -0.2) is 21.6 Å². The molecule has 0 fully saturated rings. The summed E-state index contributed by atoms with van der Waals surface area (Å²) in [6.45, 7) is 4.65. The third-order valence-electron chi connectivity index (χ3n) is 4.08. The monoisotopic (exact) mass is 392 g/mol. The zero-order valence-electron chi connectivity index (χ0n) is 15.6. The van der Waals surface area contributed by atoms with Crippen LogP contribution >= 0.6 is 11.3 Å². The summed E-state index contributed by atoms with van der Waals surface area (Å²) in [5, 5.41) is 7.15. The average molecular weight is 392 g/mol. The van der Waals surface area contributed by atoms with Gasteiger partial charge in [0, 0.05) is 5.69 Å². The predicted molar refractivity (Wildman–Crippen MR) is 115 cm³/mol. The number of aryl methyl sites for hydroxylation is 1. The van der Waals surface area contributed by atoms with Gasteiger partial charge in [0.15, 0.2) is 16.8 Å². The second kappa shape index (κ2) is 7.69.